The third-order valence-electron chi connectivity index (χ3n) is 3.28. The van der Waals surface area contributed by atoms with Gasteiger partial charge in [-0.3, -0.25) is 0 Å². The summed E-state index contributed by atoms with van der Waals surface area (Å²) in [5.41, 5.74) is 1.53. The molecule has 21 heavy (non-hydrogen) atoms. The maximum atomic E-state index is 5.37. The Morgan fingerprint density at radius 1 is 1.00 bits per heavy atom. The van der Waals surface area contributed by atoms with Gasteiger partial charge in [0.25, 0.3) is 0 Å². The van der Waals surface area contributed by atoms with Crippen LogP contribution < -0.4 is 14.8 Å². The standard InChI is InChI=1S/C17H28BrNO2/c1-16(2,3)11-17(4,5)19-10-12-8-14(20-6)15(21-7)9-13(12)18/h8-9,19H,10-11H2,1-7H3. The average molecular weight is 358 g/mol. The zero-order valence-corrected chi connectivity index (χ0v) is 15.8. The maximum Gasteiger partial charge on any atom is 0.161 e. The van der Waals surface area contributed by atoms with Gasteiger partial charge in [0, 0.05) is 16.6 Å². The van der Waals surface area contributed by atoms with E-state index >= 15 is 0 Å². The van der Waals surface area contributed by atoms with Crippen molar-refractivity contribution in [2.45, 2.75) is 53.1 Å². The van der Waals surface area contributed by atoms with Crippen molar-refractivity contribution in [3.8, 4) is 11.5 Å². The summed E-state index contributed by atoms with van der Waals surface area (Å²) >= 11 is 3.60. The van der Waals surface area contributed by atoms with Crippen LogP contribution in [-0.2, 0) is 6.54 Å². The molecular formula is C17H28BrNO2. The molecule has 0 radical (unpaired) electrons. The lowest BCUT2D eigenvalue weighted by Crippen LogP contribution is -2.41. The number of hydrogen-bond donors (Lipinski definition) is 1. The summed E-state index contributed by atoms with van der Waals surface area (Å²) in [6, 6.07) is 3.97. The Bertz CT molecular complexity index is 478. The number of benzene rings is 1. The molecule has 1 N–H and O–H groups in total. The Kier molecular flexibility index (Phi) is 6.11. The lowest BCUT2D eigenvalue weighted by molar-refractivity contribution is 0.240. The SMILES string of the molecule is COc1cc(Br)c(CNC(C)(C)CC(C)(C)C)cc1OC. The van der Waals surface area contributed by atoms with Crippen molar-refractivity contribution in [3.63, 3.8) is 0 Å². The summed E-state index contributed by atoms with van der Waals surface area (Å²) in [6.07, 6.45) is 1.10. The predicted molar refractivity (Wildman–Crippen MR) is 92.2 cm³/mol. The highest BCUT2D eigenvalue weighted by Crippen LogP contribution is 2.34. The quantitative estimate of drug-likeness (QED) is 0.795. The summed E-state index contributed by atoms with van der Waals surface area (Å²) < 4.78 is 11.7. The lowest BCUT2D eigenvalue weighted by atomic mass is 9.82. The van der Waals surface area contributed by atoms with Crippen molar-refractivity contribution >= 4 is 15.9 Å². The fourth-order valence-electron chi connectivity index (χ4n) is 2.75. The first-order valence-corrected chi connectivity index (χ1v) is 8.03. The number of halogens is 1. The molecule has 0 saturated heterocycles. The summed E-state index contributed by atoms with van der Waals surface area (Å²) in [7, 11) is 3.31. The molecule has 0 amide bonds. The predicted octanol–water partition coefficient (Wildman–Crippen LogP) is 4.77. The van der Waals surface area contributed by atoms with Crippen LogP contribution in [0.2, 0.25) is 0 Å². The van der Waals surface area contributed by atoms with Gasteiger partial charge in [0.15, 0.2) is 11.5 Å². The second-order valence-electron chi connectivity index (χ2n) is 7.27. The van der Waals surface area contributed by atoms with Gasteiger partial charge in [0.1, 0.15) is 0 Å². The molecular weight excluding hydrogens is 330 g/mol. The van der Waals surface area contributed by atoms with Crippen molar-refractivity contribution in [1.29, 1.82) is 0 Å². The summed E-state index contributed by atoms with van der Waals surface area (Å²) in [5, 5.41) is 3.64. The Morgan fingerprint density at radius 3 is 2.00 bits per heavy atom. The lowest BCUT2D eigenvalue weighted by Gasteiger charge is -2.33. The molecule has 0 unspecified atom stereocenters. The second kappa shape index (κ2) is 7.01. The van der Waals surface area contributed by atoms with E-state index in [1.165, 1.54) is 0 Å². The Hall–Kier alpha value is -0.740. The minimum atomic E-state index is 0.0743. The minimum Gasteiger partial charge on any atom is -0.493 e. The normalized spacial score (nSPS) is 12.4. The van der Waals surface area contributed by atoms with E-state index in [0.29, 0.717) is 5.41 Å². The molecule has 3 nitrogen and oxygen atoms in total. The molecule has 0 atom stereocenters. The molecule has 0 spiro atoms. The Morgan fingerprint density at radius 2 is 1.52 bits per heavy atom. The Balaban J connectivity index is 2.84. The van der Waals surface area contributed by atoms with E-state index in [4.69, 9.17) is 9.47 Å². The van der Waals surface area contributed by atoms with Gasteiger partial charge < -0.3 is 14.8 Å². The van der Waals surface area contributed by atoms with Gasteiger partial charge in [-0.05, 0) is 43.4 Å². The van der Waals surface area contributed by atoms with E-state index in [-0.39, 0.29) is 5.54 Å². The molecule has 0 heterocycles. The van der Waals surface area contributed by atoms with E-state index < -0.39 is 0 Å². The van der Waals surface area contributed by atoms with Gasteiger partial charge in [0.2, 0.25) is 0 Å². The summed E-state index contributed by atoms with van der Waals surface area (Å²) in [6.45, 7) is 12.1. The van der Waals surface area contributed by atoms with Gasteiger partial charge in [-0.2, -0.15) is 0 Å². The first kappa shape index (κ1) is 18.3. The van der Waals surface area contributed by atoms with Crippen LogP contribution in [0.1, 0.15) is 46.6 Å². The van der Waals surface area contributed by atoms with Crippen LogP contribution in [0.15, 0.2) is 16.6 Å². The van der Waals surface area contributed by atoms with Crippen LogP contribution >= 0.6 is 15.9 Å². The third kappa shape index (κ3) is 5.87. The first-order chi connectivity index (χ1) is 9.58. The van der Waals surface area contributed by atoms with E-state index in [1.807, 2.05) is 12.1 Å². The van der Waals surface area contributed by atoms with E-state index in [1.54, 1.807) is 14.2 Å². The largest absolute Gasteiger partial charge is 0.493 e. The monoisotopic (exact) mass is 357 g/mol. The number of hydrogen-bond acceptors (Lipinski definition) is 3. The van der Waals surface area contributed by atoms with E-state index in [0.717, 1.165) is 34.5 Å². The molecule has 120 valence electrons. The van der Waals surface area contributed by atoms with Gasteiger partial charge in [-0.25, -0.2) is 0 Å². The molecule has 0 bridgehead atoms. The van der Waals surface area contributed by atoms with Crippen molar-refractivity contribution in [2.24, 2.45) is 5.41 Å². The van der Waals surface area contributed by atoms with Gasteiger partial charge >= 0.3 is 0 Å². The van der Waals surface area contributed by atoms with Crippen molar-refractivity contribution in [3.05, 3.63) is 22.2 Å². The number of nitrogens with one attached hydrogen (secondary N) is 1. The van der Waals surface area contributed by atoms with Crippen LogP contribution in [0.5, 0.6) is 11.5 Å². The van der Waals surface area contributed by atoms with Crippen molar-refractivity contribution < 1.29 is 9.47 Å². The number of rotatable bonds is 6. The topological polar surface area (TPSA) is 30.5 Å². The van der Waals surface area contributed by atoms with Crippen molar-refractivity contribution in [1.82, 2.24) is 5.32 Å². The molecule has 0 aliphatic heterocycles. The van der Waals surface area contributed by atoms with Gasteiger partial charge in [-0.1, -0.05) is 36.7 Å². The molecule has 1 aromatic rings. The van der Waals surface area contributed by atoms with Crippen LogP contribution in [0, 0.1) is 5.41 Å². The molecule has 0 aromatic heterocycles. The molecule has 1 aromatic carbocycles. The summed E-state index contributed by atoms with van der Waals surface area (Å²) in [5.74, 6) is 1.49. The smallest absolute Gasteiger partial charge is 0.161 e. The zero-order valence-electron chi connectivity index (χ0n) is 14.3. The highest BCUT2D eigenvalue weighted by Gasteiger charge is 2.25. The molecule has 0 aliphatic rings. The minimum absolute atomic E-state index is 0.0743. The zero-order chi connectivity index (χ0) is 16.3. The summed E-state index contributed by atoms with van der Waals surface area (Å²) in [4.78, 5) is 0. The van der Waals surface area contributed by atoms with Gasteiger partial charge in [-0.15, -0.1) is 0 Å². The fraction of sp³-hybridized carbons (Fsp3) is 0.647. The molecule has 0 aliphatic carbocycles. The molecule has 0 saturated carbocycles. The highest BCUT2D eigenvalue weighted by atomic mass is 79.9. The average Bonchev–Trinajstić information content (AvgIpc) is 2.34. The first-order valence-electron chi connectivity index (χ1n) is 7.23. The van der Waals surface area contributed by atoms with Gasteiger partial charge in [0.05, 0.1) is 14.2 Å². The van der Waals surface area contributed by atoms with Crippen molar-refractivity contribution in [2.75, 3.05) is 14.2 Å². The third-order valence-corrected chi connectivity index (χ3v) is 4.02. The highest BCUT2D eigenvalue weighted by molar-refractivity contribution is 9.10. The Labute approximate surface area is 137 Å². The van der Waals surface area contributed by atoms with E-state index in [9.17, 15) is 0 Å². The second-order valence-corrected chi connectivity index (χ2v) is 8.13. The van der Waals surface area contributed by atoms with Crippen LogP contribution in [0.25, 0.3) is 0 Å². The van der Waals surface area contributed by atoms with Crippen LogP contribution in [0.4, 0.5) is 0 Å². The number of ether oxygens (including phenoxy) is 2. The fourth-order valence-corrected chi connectivity index (χ4v) is 3.22. The molecule has 1 rings (SSSR count). The van der Waals surface area contributed by atoms with Crippen LogP contribution in [0.3, 0.4) is 0 Å². The molecule has 4 heteroatoms. The van der Waals surface area contributed by atoms with Crippen LogP contribution in [-0.4, -0.2) is 19.8 Å². The number of methoxy groups -OCH3 is 2. The molecule has 0 fully saturated rings. The van der Waals surface area contributed by atoms with E-state index in [2.05, 4.69) is 55.9 Å². The maximum absolute atomic E-state index is 5.37.